The van der Waals surface area contributed by atoms with Crippen LogP contribution in [0.15, 0.2) is 65.6 Å². The van der Waals surface area contributed by atoms with Crippen LogP contribution in [0.2, 0.25) is 5.02 Å². The number of carbonyl (C=O) groups excluding carboxylic acids is 2. The van der Waals surface area contributed by atoms with Gasteiger partial charge in [0, 0.05) is 16.0 Å². The molecule has 1 aromatic heterocycles. The normalized spacial score (nSPS) is 17.3. The standard InChI is InChI=1S/C26H24ClNO5S/c1-3-32-18-11-12-20(21(14-18)33-4-2)24(29)22-23(16-7-9-17(27)10-8-16)28(26(31)25(22)30)15-19-6-5-13-34-19/h5-14,23,29H,3-4,15H2,1-2H3/b24-22-. The van der Waals surface area contributed by atoms with Crippen LogP contribution < -0.4 is 9.47 Å². The number of amides is 1. The Morgan fingerprint density at radius 2 is 1.79 bits per heavy atom. The van der Waals surface area contributed by atoms with Crippen LogP contribution >= 0.6 is 22.9 Å². The van der Waals surface area contributed by atoms with Gasteiger partial charge in [0.2, 0.25) is 0 Å². The molecule has 0 radical (unpaired) electrons. The van der Waals surface area contributed by atoms with Crippen LogP contribution in [0.5, 0.6) is 11.5 Å². The molecule has 6 nitrogen and oxygen atoms in total. The highest BCUT2D eigenvalue weighted by atomic mass is 35.5. The quantitative estimate of drug-likeness (QED) is 0.241. The van der Waals surface area contributed by atoms with E-state index in [0.717, 1.165) is 4.88 Å². The number of aliphatic hydroxyl groups excluding tert-OH is 1. The molecule has 34 heavy (non-hydrogen) atoms. The van der Waals surface area contributed by atoms with Crippen molar-refractivity contribution >= 4 is 40.4 Å². The third kappa shape index (κ3) is 4.67. The Kier molecular flexibility index (Phi) is 7.24. The molecule has 8 heteroatoms. The van der Waals surface area contributed by atoms with E-state index < -0.39 is 17.7 Å². The summed E-state index contributed by atoms with van der Waals surface area (Å²) in [5.74, 6) is -0.761. The van der Waals surface area contributed by atoms with Crippen LogP contribution in [0, 0.1) is 0 Å². The lowest BCUT2D eigenvalue weighted by atomic mass is 9.95. The number of thiophene rings is 1. The van der Waals surface area contributed by atoms with Gasteiger partial charge >= 0.3 is 0 Å². The van der Waals surface area contributed by atoms with Gasteiger partial charge in [-0.05, 0) is 55.1 Å². The van der Waals surface area contributed by atoms with Crippen molar-refractivity contribution in [1.82, 2.24) is 4.90 Å². The minimum Gasteiger partial charge on any atom is -0.507 e. The predicted molar refractivity (Wildman–Crippen MR) is 132 cm³/mol. The molecular formula is C26H24ClNO5S. The van der Waals surface area contributed by atoms with Gasteiger partial charge < -0.3 is 19.5 Å². The zero-order chi connectivity index (χ0) is 24.2. The Morgan fingerprint density at radius 1 is 1.06 bits per heavy atom. The van der Waals surface area contributed by atoms with Gasteiger partial charge in [-0.1, -0.05) is 29.8 Å². The van der Waals surface area contributed by atoms with E-state index in [0.29, 0.717) is 40.9 Å². The Balaban J connectivity index is 1.87. The minimum absolute atomic E-state index is 0.00833. The highest BCUT2D eigenvalue weighted by molar-refractivity contribution is 7.09. The van der Waals surface area contributed by atoms with Crippen molar-refractivity contribution < 1.29 is 24.2 Å². The number of rotatable bonds is 8. The maximum atomic E-state index is 13.3. The van der Waals surface area contributed by atoms with Crippen molar-refractivity contribution in [2.45, 2.75) is 26.4 Å². The fourth-order valence-electron chi connectivity index (χ4n) is 3.98. The Hall–Kier alpha value is -3.29. The van der Waals surface area contributed by atoms with E-state index in [1.54, 1.807) is 42.5 Å². The topological polar surface area (TPSA) is 76.1 Å². The third-order valence-electron chi connectivity index (χ3n) is 5.45. The number of halogens is 1. The first-order valence-corrected chi connectivity index (χ1v) is 12.2. The van der Waals surface area contributed by atoms with Gasteiger partial charge in [-0.15, -0.1) is 11.3 Å². The van der Waals surface area contributed by atoms with Crippen molar-refractivity contribution in [1.29, 1.82) is 0 Å². The second-order valence-corrected chi connectivity index (χ2v) is 9.05. The number of Topliss-reactive ketones (excluding diaryl/α,β-unsaturated/α-hetero) is 1. The van der Waals surface area contributed by atoms with Crippen LogP contribution in [-0.2, 0) is 16.1 Å². The number of hydrogen-bond acceptors (Lipinski definition) is 6. The van der Waals surface area contributed by atoms with Gasteiger partial charge in [0.25, 0.3) is 11.7 Å². The summed E-state index contributed by atoms with van der Waals surface area (Å²) in [4.78, 5) is 28.8. The number of likely N-dealkylation sites (tertiary alicyclic amines) is 1. The summed E-state index contributed by atoms with van der Waals surface area (Å²) in [5, 5.41) is 13.8. The molecule has 4 rings (SSSR count). The van der Waals surface area contributed by atoms with Crippen molar-refractivity contribution in [2.75, 3.05) is 13.2 Å². The molecule has 0 saturated carbocycles. The second-order valence-electron chi connectivity index (χ2n) is 7.58. The minimum atomic E-state index is -0.777. The number of aliphatic hydroxyl groups is 1. The van der Waals surface area contributed by atoms with Gasteiger partial charge in [0.05, 0.1) is 36.9 Å². The Bertz CT molecular complexity index is 1220. The molecule has 0 spiro atoms. The van der Waals surface area contributed by atoms with E-state index in [1.807, 2.05) is 31.4 Å². The van der Waals surface area contributed by atoms with Crippen LogP contribution in [0.1, 0.15) is 35.9 Å². The lowest BCUT2D eigenvalue weighted by molar-refractivity contribution is -0.140. The molecule has 2 aromatic carbocycles. The number of hydrogen-bond donors (Lipinski definition) is 1. The Labute approximate surface area is 207 Å². The summed E-state index contributed by atoms with van der Waals surface area (Å²) in [5.41, 5.74) is 0.998. The molecule has 1 aliphatic rings. The molecular weight excluding hydrogens is 474 g/mol. The molecule has 1 unspecified atom stereocenters. The zero-order valence-corrected chi connectivity index (χ0v) is 20.4. The summed E-state index contributed by atoms with van der Waals surface area (Å²) < 4.78 is 11.3. The molecule has 1 aliphatic heterocycles. The zero-order valence-electron chi connectivity index (χ0n) is 18.8. The molecule has 1 atom stereocenters. The van der Waals surface area contributed by atoms with Gasteiger partial charge in [0.1, 0.15) is 17.3 Å². The van der Waals surface area contributed by atoms with E-state index in [4.69, 9.17) is 21.1 Å². The number of carbonyl (C=O) groups is 2. The van der Waals surface area contributed by atoms with Crippen molar-refractivity contribution in [3.05, 3.63) is 86.6 Å². The maximum Gasteiger partial charge on any atom is 0.295 e. The highest BCUT2D eigenvalue weighted by Gasteiger charge is 2.46. The molecule has 1 saturated heterocycles. The number of ether oxygens (including phenoxy) is 2. The summed E-state index contributed by atoms with van der Waals surface area (Å²) in [7, 11) is 0. The third-order valence-corrected chi connectivity index (χ3v) is 6.56. The smallest absolute Gasteiger partial charge is 0.295 e. The van der Waals surface area contributed by atoms with Crippen LogP contribution in [0.3, 0.4) is 0 Å². The Morgan fingerprint density at radius 3 is 2.44 bits per heavy atom. The molecule has 1 N–H and O–H groups in total. The van der Waals surface area contributed by atoms with Crippen molar-refractivity contribution in [3.63, 3.8) is 0 Å². The molecule has 0 bridgehead atoms. The van der Waals surface area contributed by atoms with Gasteiger partial charge in [-0.3, -0.25) is 9.59 Å². The molecule has 2 heterocycles. The average molecular weight is 498 g/mol. The number of ketones is 1. The van der Waals surface area contributed by atoms with Crippen molar-refractivity contribution in [3.8, 4) is 11.5 Å². The molecule has 1 fully saturated rings. The van der Waals surface area contributed by atoms with Gasteiger partial charge in [-0.2, -0.15) is 0 Å². The molecule has 0 aliphatic carbocycles. The molecule has 1 amide bonds. The fourth-order valence-corrected chi connectivity index (χ4v) is 4.81. The first-order valence-electron chi connectivity index (χ1n) is 10.9. The SMILES string of the molecule is CCOc1ccc(/C(O)=C2/C(=O)C(=O)N(Cc3cccs3)C2c2ccc(Cl)cc2)c(OCC)c1. The summed E-state index contributed by atoms with van der Waals surface area (Å²) >= 11 is 7.58. The average Bonchev–Trinajstić information content (AvgIpc) is 3.42. The second kappa shape index (κ2) is 10.3. The van der Waals surface area contributed by atoms with E-state index in [1.165, 1.54) is 16.2 Å². The highest BCUT2D eigenvalue weighted by Crippen LogP contribution is 2.42. The molecule has 176 valence electrons. The molecule has 3 aromatic rings. The van der Waals surface area contributed by atoms with Crippen molar-refractivity contribution in [2.24, 2.45) is 0 Å². The van der Waals surface area contributed by atoms with Gasteiger partial charge in [0.15, 0.2) is 0 Å². The van der Waals surface area contributed by atoms with Crippen LogP contribution in [-0.4, -0.2) is 34.9 Å². The van der Waals surface area contributed by atoms with Crippen LogP contribution in [0.25, 0.3) is 5.76 Å². The van der Waals surface area contributed by atoms with E-state index in [-0.39, 0.29) is 17.9 Å². The number of nitrogens with zero attached hydrogens (tertiary/aromatic N) is 1. The lowest BCUT2D eigenvalue weighted by Gasteiger charge is -2.25. The summed E-state index contributed by atoms with van der Waals surface area (Å²) in [6, 6.07) is 14.9. The largest absolute Gasteiger partial charge is 0.507 e. The van der Waals surface area contributed by atoms with E-state index >= 15 is 0 Å². The maximum absolute atomic E-state index is 13.3. The first kappa shape index (κ1) is 23.9. The van der Waals surface area contributed by atoms with E-state index in [2.05, 4.69) is 0 Å². The monoisotopic (exact) mass is 497 g/mol. The van der Waals surface area contributed by atoms with E-state index in [9.17, 15) is 14.7 Å². The van der Waals surface area contributed by atoms with Crippen LogP contribution in [0.4, 0.5) is 0 Å². The predicted octanol–water partition coefficient (Wildman–Crippen LogP) is 5.82. The first-order chi connectivity index (χ1) is 16.4. The van der Waals surface area contributed by atoms with Gasteiger partial charge in [-0.25, -0.2) is 0 Å². The fraction of sp³-hybridized carbons (Fsp3) is 0.231. The number of benzene rings is 2. The summed E-state index contributed by atoms with van der Waals surface area (Å²) in [6.45, 7) is 4.76. The lowest BCUT2D eigenvalue weighted by Crippen LogP contribution is -2.28. The summed E-state index contributed by atoms with van der Waals surface area (Å²) in [6.07, 6.45) is 0.